The van der Waals surface area contributed by atoms with Crippen molar-refractivity contribution in [3.63, 3.8) is 0 Å². The summed E-state index contributed by atoms with van der Waals surface area (Å²) in [5.74, 6) is 0. The number of aryl methyl sites for hydroxylation is 1. The second-order valence-electron chi connectivity index (χ2n) is 3.43. The number of benzene rings is 2. The summed E-state index contributed by atoms with van der Waals surface area (Å²) < 4.78 is 0. The average molecular weight is 474 g/mol. The third kappa shape index (κ3) is 4.50. The monoisotopic (exact) mass is 474 g/mol. The molecule has 0 amide bonds. The molecule has 0 saturated carbocycles. The molecule has 0 atom stereocenters. The normalized spacial score (nSPS) is 8.76. The summed E-state index contributed by atoms with van der Waals surface area (Å²) in [5.41, 5.74) is 4.49. The molecular formula is C15H12Pr2-2. The first-order valence-electron chi connectivity index (χ1n) is 4.93. The molecule has 0 unspecified atom stereocenters. The van der Waals surface area contributed by atoms with Crippen LogP contribution in [0.5, 0.6) is 0 Å². The van der Waals surface area contributed by atoms with Crippen LogP contribution in [0.25, 0.3) is 17.2 Å². The molecule has 0 spiro atoms. The SMILES string of the molecule is C=Cc1ccc[c-]c1-c1[c-]cccc1C.[Pr].[Pr]. The van der Waals surface area contributed by atoms with Gasteiger partial charge in [0.05, 0.1) is 0 Å². The fraction of sp³-hybridized carbons (Fsp3) is 0.0667. The van der Waals surface area contributed by atoms with Crippen LogP contribution in [0.2, 0.25) is 0 Å². The van der Waals surface area contributed by atoms with Crippen molar-refractivity contribution in [2.75, 3.05) is 0 Å². The fourth-order valence-electron chi connectivity index (χ4n) is 1.63. The van der Waals surface area contributed by atoms with Gasteiger partial charge in [-0.05, 0) is 0 Å². The van der Waals surface area contributed by atoms with Crippen LogP contribution in [0, 0.1) is 102 Å². The van der Waals surface area contributed by atoms with E-state index in [1.54, 1.807) is 0 Å². The maximum Gasteiger partial charge on any atom is 0 e. The van der Waals surface area contributed by atoms with Gasteiger partial charge in [-0.15, -0.1) is 30.9 Å². The van der Waals surface area contributed by atoms with Gasteiger partial charge in [-0.25, -0.2) is 11.1 Å². The topological polar surface area (TPSA) is 0 Å². The van der Waals surface area contributed by atoms with Crippen LogP contribution in [0.1, 0.15) is 11.1 Å². The molecule has 0 aliphatic heterocycles. The van der Waals surface area contributed by atoms with Crippen molar-refractivity contribution < 1.29 is 82.6 Å². The summed E-state index contributed by atoms with van der Waals surface area (Å²) in [4.78, 5) is 0. The molecule has 80 valence electrons. The predicted octanol–water partition coefficient (Wildman–Crippen LogP) is 3.91. The first-order valence-corrected chi connectivity index (χ1v) is 4.93. The van der Waals surface area contributed by atoms with E-state index in [2.05, 4.69) is 31.7 Å². The molecule has 2 rings (SSSR count). The first-order chi connectivity index (χ1) is 7.33. The maximum absolute atomic E-state index is 3.81. The van der Waals surface area contributed by atoms with Crippen LogP contribution >= 0.6 is 0 Å². The van der Waals surface area contributed by atoms with Crippen LogP contribution in [-0.4, -0.2) is 0 Å². The molecule has 2 heteroatoms. The Bertz CT molecular complexity index is 490. The molecule has 2 aromatic rings. The van der Waals surface area contributed by atoms with Gasteiger partial charge in [0, 0.05) is 82.6 Å². The van der Waals surface area contributed by atoms with E-state index in [1.807, 2.05) is 36.4 Å². The third-order valence-corrected chi connectivity index (χ3v) is 2.42. The van der Waals surface area contributed by atoms with Gasteiger partial charge in [0.15, 0.2) is 0 Å². The molecule has 0 fully saturated rings. The second kappa shape index (κ2) is 8.91. The van der Waals surface area contributed by atoms with Crippen LogP contribution in [0.4, 0.5) is 0 Å². The molecule has 0 N–H and O–H groups in total. The van der Waals surface area contributed by atoms with Crippen molar-refractivity contribution in [2.24, 2.45) is 0 Å². The van der Waals surface area contributed by atoms with E-state index in [-0.39, 0.29) is 82.6 Å². The molecule has 0 heterocycles. The smallest absolute Gasteiger partial charge is 0 e. The van der Waals surface area contributed by atoms with Crippen molar-refractivity contribution in [2.45, 2.75) is 6.92 Å². The largest absolute Gasteiger partial charge is 0.223 e. The van der Waals surface area contributed by atoms with E-state index in [0.717, 1.165) is 16.7 Å². The first kappa shape index (κ1) is 17.9. The Morgan fingerprint density at radius 1 is 1.00 bits per heavy atom. The molecular weight excluding hydrogens is 462 g/mol. The molecule has 17 heavy (non-hydrogen) atoms. The van der Waals surface area contributed by atoms with Gasteiger partial charge in [0.25, 0.3) is 0 Å². The Hall–Kier alpha value is 0.907. The zero-order chi connectivity index (χ0) is 10.7. The van der Waals surface area contributed by atoms with Crippen LogP contribution in [0.15, 0.2) is 43.0 Å². The van der Waals surface area contributed by atoms with E-state index in [9.17, 15) is 0 Å². The van der Waals surface area contributed by atoms with Crippen molar-refractivity contribution >= 4 is 6.08 Å². The predicted molar refractivity (Wildman–Crippen MR) is 64.4 cm³/mol. The Morgan fingerprint density at radius 3 is 2.18 bits per heavy atom. The number of hydrogen-bond acceptors (Lipinski definition) is 0. The van der Waals surface area contributed by atoms with E-state index in [4.69, 9.17) is 0 Å². The molecule has 2 radical (unpaired) electrons. The second-order valence-corrected chi connectivity index (χ2v) is 3.43. The van der Waals surface area contributed by atoms with E-state index in [1.165, 1.54) is 5.56 Å². The quantitative estimate of drug-likeness (QED) is 0.580. The van der Waals surface area contributed by atoms with Gasteiger partial charge in [0.2, 0.25) is 0 Å². The summed E-state index contributed by atoms with van der Waals surface area (Å²) in [6.45, 7) is 5.90. The van der Waals surface area contributed by atoms with E-state index < -0.39 is 0 Å². The minimum Gasteiger partial charge on any atom is -0.223 e. The van der Waals surface area contributed by atoms with E-state index >= 15 is 0 Å². The fourth-order valence-corrected chi connectivity index (χ4v) is 1.63. The number of rotatable bonds is 2. The van der Waals surface area contributed by atoms with Crippen LogP contribution in [0.3, 0.4) is 0 Å². The van der Waals surface area contributed by atoms with Crippen molar-refractivity contribution in [1.29, 1.82) is 0 Å². The minimum absolute atomic E-state index is 0. The van der Waals surface area contributed by atoms with Gasteiger partial charge in [0.1, 0.15) is 0 Å². The molecule has 0 aliphatic carbocycles. The number of hydrogen-bond donors (Lipinski definition) is 0. The Balaban J connectivity index is 0.00000128. The molecule has 0 aliphatic rings. The molecule has 0 aromatic heterocycles. The van der Waals surface area contributed by atoms with Crippen molar-refractivity contribution in [3.05, 3.63) is 66.2 Å². The summed E-state index contributed by atoms with van der Waals surface area (Å²) in [6, 6.07) is 18.4. The minimum atomic E-state index is 0. The molecule has 0 nitrogen and oxygen atoms in total. The Labute approximate surface area is 170 Å². The summed E-state index contributed by atoms with van der Waals surface area (Å²) in [5, 5.41) is 0. The van der Waals surface area contributed by atoms with Crippen molar-refractivity contribution in [3.8, 4) is 11.1 Å². The van der Waals surface area contributed by atoms with Gasteiger partial charge >= 0.3 is 0 Å². The standard InChI is InChI=1S/C15H12.2Pr/c1-3-13-9-5-7-11-15(13)14-10-6-4-8-12(14)2;;/h3-9H,1H2,2H3;;/q-2;;. The summed E-state index contributed by atoms with van der Waals surface area (Å²) in [7, 11) is 0. The average Bonchev–Trinajstić information content (AvgIpc) is 2.30. The van der Waals surface area contributed by atoms with Crippen LogP contribution in [-0.2, 0) is 0 Å². The molecule has 2 aromatic carbocycles. The summed E-state index contributed by atoms with van der Waals surface area (Å²) >= 11 is 0. The zero-order valence-electron chi connectivity index (χ0n) is 9.90. The molecule has 0 saturated heterocycles. The van der Waals surface area contributed by atoms with Gasteiger partial charge in [-0.3, -0.25) is 0 Å². The van der Waals surface area contributed by atoms with Gasteiger partial charge < -0.3 is 0 Å². The molecule has 0 bridgehead atoms. The maximum atomic E-state index is 3.81. The van der Waals surface area contributed by atoms with Crippen LogP contribution < -0.4 is 0 Å². The van der Waals surface area contributed by atoms with Crippen molar-refractivity contribution in [1.82, 2.24) is 0 Å². The Kier molecular flexibility index (Phi) is 9.39. The summed E-state index contributed by atoms with van der Waals surface area (Å²) in [6.07, 6.45) is 1.85. The van der Waals surface area contributed by atoms with Gasteiger partial charge in [-0.1, -0.05) is 6.92 Å². The van der Waals surface area contributed by atoms with Gasteiger partial charge in [-0.2, -0.15) is 41.5 Å². The Morgan fingerprint density at radius 2 is 1.59 bits per heavy atom. The zero-order valence-corrected chi connectivity index (χ0v) is 17.3. The van der Waals surface area contributed by atoms with E-state index in [0.29, 0.717) is 0 Å². The third-order valence-electron chi connectivity index (χ3n) is 2.42.